The van der Waals surface area contributed by atoms with Crippen molar-refractivity contribution in [1.29, 1.82) is 0 Å². The number of rotatable bonds is 4. The molecule has 0 aromatic rings. The Bertz CT molecular complexity index is 123. The van der Waals surface area contributed by atoms with Gasteiger partial charge in [-0.2, -0.15) is 0 Å². The highest BCUT2D eigenvalue weighted by Crippen LogP contribution is 2.23. The molecule has 0 aliphatic rings. The van der Waals surface area contributed by atoms with Crippen LogP contribution in [0.1, 0.15) is 26.7 Å². The highest BCUT2D eigenvalue weighted by molar-refractivity contribution is 9.09. The lowest BCUT2D eigenvalue weighted by Crippen LogP contribution is -2.18. The van der Waals surface area contributed by atoms with E-state index < -0.39 is 0 Å². The largest absolute Gasteiger partial charge is 0.370 e. The zero-order valence-corrected chi connectivity index (χ0v) is 8.07. The third-order valence-corrected chi connectivity index (χ3v) is 2.93. The highest BCUT2D eigenvalue weighted by atomic mass is 79.9. The van der Waals surface area contributed by atoms with Crippen LogP contribution in [0.25, 0.3) is 0 Å². The van der Waals surface area contributed by atoms with Crippen LogP contribution in [0.5, 0.6) is 0 Å². The van der Waals surface area contributed by atoms with E-state index in [1.54, 1.807) is 0 Å². The molecule has 0 bridgehead atoms. The molecule has 0 aliphatic heterocycles. The van der Waals surface area contributed by atoms with Crippen molar-refractivity contribution in [2.45, 2.75) is 26.7 Å². The van der Waals surface area contributed by atoms with E-state index in [0.717, 1.165) is 11.8 Å². The first-order valence-corrected chi connectivity index (χ1v) is 4.44. The minimum atomic E-state index is -0.214. The zero-order chi connectivity index (χ0) is 8.20. The van der Waals surface area contributed by atoms with Crippen LogP contribution in [0, 0.1) is 5.41 Å². The van der Waals surface area contributed by atoms with Crippen molar-refractivity contribution in [3.05, 3.63) is 0 Å². The van der Waals surface area contributed by atoms with Gasteiger partial charge in [-0.05, 0) is 11.8 Å². The molecule has 3 heteroatoms. The molecule has 2 nitrogen and oxygen atoms in total. The predicted octanol–water partition coefficient (Wildman–Crippen LogP) is 1.67. The molecular formula is C7H14BrNO. The van der Waals surface area contributed by atoms with Gasteiger partial charge in [0.05, 0.1) is 0 Å². The average Bonchev–Trinajstić information content (AvgIpc) is 1.85. The molecule has 0 saturated heterocycles. The molecular weight excluding hydrogens is 194 g/mol. The molecule has 0 aliphatic carbocycles. The van der Waals surface area contributed by atoms with Crippen LogP contribution in [-0.2, 0) is 4.79 Å². The minimum absolute atomic E-state index is 0.190. The summed E-state index contributed by atoms with van der Waals surface area (Å²) in [5.41, 5.74) is 5.19. The van der Waals surface area contributed by atoms with E-state index in [9.17, 15) is 4.79 Å². The van der Waals surface area contributed by atoms with Crippen LogP contribution in [0.4, 0.5) is 0 Å². The summed E-state index contributed by atoms with van der Waals surface area (Å²) in [5, 5.41) is 0.910. The summed E-state index contributed by atoms with van der Waals surface area (Å²) in [6, 6.07) is 0. The van der Waals surface area contributed by atoms with Crippen molar-refractivity contribution in [2.24, 2.45) is 11.1 Å². The first kappa shape index (κ1) is 9.95. The van der Waals surface area contributed by atoms with Crippen LogP contribution in [0.15, 0.2) is 0 Å². The van der Waals surface area contributed by atoms with Gasteiger partial charge in [0.2, 0.25) is 5.91 Å². The minimum Gasteiger partial charge on any atom is -0.370 e. The molecule has 0 aromatic carbocycles. The summed E-state index contributed by atoms with van der Waals surface area (Å²) in [4.78, 5) is 10.4. The second-order valence-corrected chi connectivity index (χ2v) is 3.82. The maximum Gasteiger partial charge on any atom is 0.217 e. The normalized spacial score (nSPS) is 11.5. The quantitative estimate of drug-likeness (QED) is 0.701. The van der Waals surface area contributed by atoms with Gasteiger partial charge in [0, 0.05) is 11.8 Å². The van der Waals surface area contributed by atoms with Crippen molar-refractivity contribution in [3.8, 4) is 0 Å². The zero-order valence-electron chi connectivity index (χ0n) is 6.48. The third kappa shape index (κ3) is 4.79. The number of alkyl halides is 1. The van der Waals surface area contributed by atoms with Crippen LogP contribution < -0.4 is 5.73 Å². The molecule has 0 atom stereocenters. The molecule has 0 saturated carbocycles. The van der Waals surface area contributed by atoms with Crippen molar-refractivity contribution in [2.75, 3.05) is 5.33 Å². The topological polar surface area (TPSA) is 43.1 Å². The van der Waals surface area contributed by atoms with E-state index in [1.165, 1.54) is 0 Å². The SMILES string of the molecule is CC(C)(CBr)CCC(N)=O. The van der Waals surface area contributed by atoms with Gasteiger partial charge in [-0.3, -0.25) is 4.79 Å². The Balaban J connectivity index is 3.56. The Labute approximate surface area is 70.3 Å². The molecule has 0 spiro atoms. The molecule has 0 aromatic heterocycles. The van der Waals surface area contributed by atoms with E-state index in [2.05, 4.69) is 29.8 Å². The van der Waals surface area contributed by atoms with E-state index >= 15 is 0 Å². The summed E-state index contributed by atoms with van der Waals surface area (Å²) in [6.45, 7) is 4.20. The van der Waals surface area contributed by atoms with E-state index in [1.807, 2.05) is 0 Å². The molecule has 0 rings (SSSR count). The van der Waals surface area contributed by atoms with Crippen LogP contribution >= 0.6 is 15.9 Å². The van der Waals surface area contributed by atoms with Gasteiger partial charge in [-0.1, -0.05) is 29.8 Å². The third-order valence-electron chi connectivity index (χ3n) is 1.41. The van der Waals surface area contributed by atoms with Gasteiger partial charge in [-0.15, -0.1) is 0 Å². The average molecular weight is 208 g/mol. The highest BCUT2D eigenvalue weighted by Gasteiger charge is 2.16. The second-order valence-electron chi connectivity index (χ2n) is 3.26. The lowest BCUT2D eigenvalue weighted by atomic mass is 9.90. The summed E-state index contributed by atoms with van der Waals surface area (Å²) in [5.74, 6) is -0.214. The van der Waals surface area contributed by atoms with Crippen LogP contribution in [-0.4, -0.2) is 11.2 Å². The second kappa shape index (κ2) is 3.96. The molecule has 10 heavy (non-hydrogen) atoms. The number of carbonyl (C=O) groups is 1. The number of hydrogen-bond donors (Lipinski definition) is 1. The Hall–Kier alpha value is -0.0500. The number of nitrogens with two attached hydrogens (primary N) is 1. The number of hydrogen-bond acceptors (Lipinski definition) is 1. The van der Waals surface area contributed by atoms with Crippen molar-refractivity contribution < 1.29 is 4.79 Å². The lowest BCUT2D eigenvalue weighted by Gasteiger charge is -2.19. The molecule has 2 N–H and O–H groups in total. The summed E-state index contributed by atoms with van der Waals surface area (Å²) < 4.78 is 0. The molecule has 0 radical (unpaired) electrons. The lowest BCUT2D eigenvalue weighted by molar-refractivity contribution is -0.118. The Morgan fingerprint density at radius 1 is 1.60 bits per heavy atom. The Morgan fingerprint density at radius 2 is 2.10 bits per heavy atom. The molecule has 0 unspecified atom stereocenters. The van der Waals surface area contributed by atoms with Crippen molar-refractivity contribution in [3.63, 3.8) is 0 Å². The fourth-order valence-corrected chi connectivity index (χ4v) is 0.809. The van der Waals surface area contributed by atoms with E-state index in [-0.39, 0.29) is 11.3 Å². The van der Waals surface area contributed by atoms with Crippen LogP contribution in [0.3, 0.4) is 0 Å². The molecule has 0 heterocycles. The van der Waals surface area contributed by atoms with E-state index in [4.69, 9.17) is 5.73 Å². The van der Waals surface area contributed by atoms with Crippen LogP contribution in [0.2, 0.25) is 0 Å². The first-order valence-electron chi connectivity index (χ1n) is 3.32. The van der Waals surface area contributed by atoms with E-state index in [0.29, 0.717) is 6.42 Å². The van der Waals surface area contributed by atoms with Gasteiger partial charge in [0.1, 0.15) is 0 Å². The fourth-order valence-electron chi connectivity index (χ4n) is 0.528. The Kier molecular flexibility index (Phi) is 3.94. The maximum atomic E-state index is 10.4. The number of halogens is 1. The standard InChI is InChI=1S/C7H14BrNO/c1-7(2,5-8)4-3-6(9)10/h3-5H2,1-2H3,(H2,9,10). The van der Waals surface area contributed by atoms with Gasteiger partial charge in [0.25, 0.3) is 0 Å². The summed E-state index contributed by atoms with van der Waals surface area (Å²) in [6.07, 6.45) is 1.34. The monoisotopic (exact) mass is 207 g/mol. The first-order chi connectivity index (χ1) is 4.48. The Morgan fingerprint density at radius 3 is 2.40 bits per heavy atom. The molecule has 60 valence electrons. The molecule has 0 fully saturated rings. The fraction of sp³-hybridized carbons (Fsp3) is 0.857. The number of primary amides is 1. The maximum absolute atomic E-state index is 10.4. The van der Waals surface area contributed by atoms with Gasteiger partial charge in [-0.25, -0.2) is 0 Å². The van der Waals surface area contributed by atoms with Gasteiger partial charge >= 0.3 is 0 Å². The predicted molar refractivity (Wildman–Crippen MR) is 46.0 cm³/mol. The van der Waals surface area contributed by atoms with Gasteiger partial charge < -0.3 is 5.73 Å². The van der Waals surface area contributed by atoms with Gasteiger partial charge in [0.15, 0.2) is 0 Å². The smallest absolute Gasteiger partial charge is 0.217 e. The number of amides is 1. The van der Waals surface area contributed by atoms with Crippen molar-refractivity contribution in [1.82, 2.24) is 0 Å². The van der Waals surface area contributed by atoms with Crippen molar-refractivity contribution >= 4 is 21.8 Å². The molecule has 1 amide bonds. The summed E-state index contributed by atoms with van der Waals surface area (Å²) in [7, 11) is 0. The summed E-state index contributed by atoms with van der Waals surface area (Å²) >= 11 is 3.37. The number of carbonyl (C=O) groups excluding carboxylic acids is 1.